The van der Waals surface area contributed by atoms with Gasteiger partial charge in [-0.1, -0.05) is 0 Å². The van der Waals surface area contributed by atoms with Crippen LogP contribution in [0.1, 0.15) is 12.5 Å². The maximum Gasteiger partial charge on any atom is 0.203 e. The highest BCUT2D eigenvalue weighted by molar-refractivity contribution is 5.27. The zero-order valence-electron chi connectivity index (χ0n) is 9.01. The maximum absolute atomic E-state index is 4.23. The first-order valence-corrected chi connectivity index (χ1v) is 5.02. The second kappa shape index (κ2) is 4.16. The van der Waals surface area contributed by atoms with Gasteiger partial charge in [0.25, 0.3) is 0 Å². The molecule has 2 aromatic rings. The molecule has 0 aliphatic rings. The summed E-state index contributed by atoms with van der Waals surface area (Å²) in [5, 5.41) is 7.38. The number of hydrogen-bond donors (Lipinski definition) is 1. The van der Waals surface area contributed by atoms with Crippen molar-refractivity contribution in [1.82, 2.24) is 19.3 Å². The summed E-state index contributed by atoms with van der Waals surface area (Å²) < 4.78 is 3.86. The molecule has 5 heteroatoms. The quantitative estimate of drug-likeness (QED) is 0.817. The van der Waals surface area contributed by atoms with Crippen LogP contribution in [-0.4, -0.2) is 19.3 Å². The van der Waals surface area contributed by atoms with Gasteiger partial charge in [-0.15, -0.1) is 0 Å². The molecule has 0 aromatic carbocycles. The van der Waals surface area contributed by atoms with Gasteiger partial charge in [0.15, 0.2) is 0 Å². The predicted molar refractivity (Wildman–Crippen MR) is 58.4 cm³/mol. The Bertz CT molecular complexity index is 428. The Morgan fingerprint density at radius 2 is 2.33 bits per heavy atom. The van der Waals surface area contributed by atoms with Gasteiger partial charge < -0.3 is 9.88 Å². The third-order valence-electron chi connectivity index (χ3n) is 2.27. The van der Waals surface area contributed by atoms with Crippen LogP contribution in [0.5, 0.6) is 0 Å². The molecule has 0 amide bonds. The molecule has 0 radical (unpaired) electrons. The first-order valence-electron chi connectivity index (χ1n) is 5.02. The molecule has 0 spiro atoms. The van der Waals surface area contributed by atoms with Crippen molar-refractivity contribution in [3.63, 3.8) is 0 Å². The molecule has 0 aliphatic carbocycles. The van der Waals surface area contributed by atoms with Crippen LogP contribution in [-0.2, 0) is 20.1 Å². The number of anilines is 1. The number of nitrogens with one attached hydrogen (secondary N) is 1. The van der Waals surface area contributed by atoms with Crippen molar-refractivity contribution >= 4 is 5.95 Å². The van der Waals surface area contributed by atoms with Crippen LogP contribution in [0, 0.1) is 0 Å². The Labute approximate surface area is 88.7 Å². The van der Waals surface area contributed by atoms with Gasteiger partial charge in [-0.05, 0) is 6.92 Å². The Morgan fingerprint density at radius 1 is 1.47 bits per heavy atom. The van der Waals surface area contributed by atoms with E-state index in [4.69, 9.17) is 0 Å². The Kier molecular flexibility index (Phi) is 2.71. The average molecular weight is 205 g/mol. The predicted octanol–water partition coefficient (Wildman–Crippen LogP) is 1.25. The van der Waals surface area contributed by atoms with Gasteiger partial charge >= 0.3 is 0 Å². The number of nitrogens with zero attached hydrogens (tertiary/aromatic N) is 4. The highest BCUT2D eigenvalue weighted by atomic mass is 15.2. The number of rotatable bonds is 4. The standard InChI is InChI=1S/C10H15N5/c1-3-15-5-4-11-10(15)12-6-9-7-13-14(2)8-9/h4-5,7-8H,3,6H2,1-2H3,(H,11,12). The largest absolute Gasteiger partial charge is 0.351 e. The maximum atomic E-state index is 4.23. The molecule has 0 bridgehead atoms. The number of imidazole rings is 1. The summed E-state index contributed by atoms with van der Waals surface area (Å²) in [7, 11) is 1.91. The lowest BCUT2D eigenvalue weighted by molar-refractivity contribution is 0.761. The lowest BCUT2D eigenvalue weighted by atomic mass is 10.4. The molecule has 0 saturated carbocycles. The van der Waals surface area contributed by atoms with Crippen molar-refractivity contribution in [3.8, 4) is 0 Å². The third-order valence-corrected chi connectivity index (χ3v) is 2.27. The highest BCUT2D eigenvalue weighted by Gasteiger charge is 2.01. The molecular weight excluding hydrogens is 190 g/mol. The van der Waals surface area contributed by atoms with E-state index in [-0.39, 0.29) is 0 Å². The van der Waals surface area contributed by atoms with Crippen LogP contribution in [0.3, 0.4) is 0 Å². The Morgan fingerprint density at radius 3 is 3.00 bits per heavy atom. The number of aryl methyl sites for hydroxylation is 2. The fraction of sp³-hybridized carbons (Fsp3) is 0.400. The zero-order chi connectivity index (χ0) is 10.7. The van der Waals surface area contributed by atoms with Crippen LogP contribution in [0.25, 0.3) is 0 Å². The summed E-state index contributed by atoms with van der Waals surface area (Å²) in [6.45, 7) is 3.77. The van der Waals surface area contributed by atoms with Gasteiger partial charge in [-0.3, -0.25) is 4.68 Å². The molecule has 2 aromatic heterocycles. The molecule has 1 N–H and O–H groups in total. The summed E-state index contributed by atoms with van der Waals surface area (Å²) in [4.78, 5) is 4.23. The Hall–Kier alpha value is -1.78. The third kappa shape index (κ3) is 2.18. The minimum atomic E-state index is 0.755. The lowest BCUT2D eigenvalue weighted by Gasteiger charge is -2.05. The molecule has 0 saturated heterocycles. The molecule has 0 unspecified atom stereocenters. The van der Waals surface area contributed by atoms with E-state index in [2.05, 4.69) is 26.9 Å². The van der Waals surface area contributed by atoms with Gasteiger partial charge in [0.2, 0.25) is 5.95 Å². The van der Waals surface area contributed by atoms with E-state index in [1.165, 1.54) is 0 Å². The smallest absolute Gasteiger partial charge is 0.203 e. The van der Waals surface area contributed by atoms with E-state index in [0.717, 1.165) is 24.6 Å². The van der Waals surface area contributed by atoms with Crippen LogP contribution in [0.4, 0.5) is 5.95 Å². The minimum Gasteiger partial charge on any atom is -0.351 e. The second-order valence-corrected chi connectivity index (χ2v) is 3.41. The lowest BCUT2D eigenvalue weighted by Crippen LogP contribution is -2.05. The topological polar surface area (TPSA) is 47.7 Å². The summed E-state index contributed by atoms with van der Waals surface area (Å²) in [5.41, 5.74) is 1.16. The summed E-state index contributed by atoms with van der Waals surface area (Å²) >= 11 is 0. The summed E-state index contributed by atoms with van der Waals surface area (Å²) in [6, 6.07) is 0. The van der Waals surface area contributed by atoms with E-state index in [1.54, 1.807) is 10.9 Å². The normalized spacial score (nSPS) is 10.5. The molecule has 2 rings (SSSR count). The zero-order valence-corrected chi connectivity index (χ0v) is 9.01. The summed E-state index contributed by atoms with van der Waals surface area (Å²) in [5.74, 6) is 0.904. The molecule has 15 heavy (non-hydrogen) atoms. The molecule has 0 atom stereocenters. The van der Waals surface area contributed by atoms with E-state index >= 15 is 0 Å². The van der Waals surface area contributed by atoms with Crippen molar-refractivity contribution in [1.29, 1.82) is 0 Å². The van der Waals surface area contributed by atoms with Gasteiger partial charge in [0.1, 0.15) is 0 Å². The van der Waals surface area contributed by atoms with Gasteiger partial charge in [-0.2, -0.15) is 5.10 Å². The molecule has 0 fully saturated rings. The fourth-order valence-electron chi connectivity index (χ4n) is 1.48. The van der Waals surface area contributed by atoms with E-state index < -0.39 is 0 Å². The van der Waals surface area contributed by atoms with Gasteiger partial charge in [-0.25, -0.2) is 4.98 Å². The van der Waals surface area contributed by atoms with Crippen molar-refractivity contribution < 1.29 is 0 Å². The second-order valence-electron chi connectivity index (χ2n) is 3.41. The molecule has 0 aliphatic heterocycles. The summed E-state index contributed by atoms with van der Waals surface area (Å²) in [6.07, 6.45) is 7.61. The van der Waals surface area contributed by atoms with E-state index in [9.17, 15) is 0 Å². The van der Waals surface area contributed by atoms with Crippen LogP contribution in [0.15, 0.2) is 24.8 Å². The van der Waals surface area contributed by atoms with Crippen LogP contribution < -0.4 is 5.32 Å². The van der Waals surface area contributed by atoms with Crippen LogP contribution in [0.2, 0.25) is 0 Å². The van der Waals surface area contributed by atoms with Crippen molar-refractivity contribution in [2.45, 2.75) is 20.0 Å². The monoisotopic (exact) mass is 205 g/mol. The Balaban J connectivity index is 1.98. The van der Waals surface area contributed by atoms with E-state index in [0.29, 0.717) is 0 Å². The fourth-order valence-corrected chi connectivity index (χ4v) is 1.48. The van der Waals surface area contributed by atoms with Crippen molar-refractivity contribution in [2.75, 3.05) is 5.32 Å². The molecule has 5 nitrogen and oxygen atoms in total. The highest BCUT2D eigenvalue weighted by Crippen LogP contribution is 2.06. The molecule has 2 heterocycles. The van der Waals surface area contributed by atoms with Gasteiger partial charge in [0.05, 0.1) is 6.20 Å². The first kappa shape index (κ1) is 9.76. The average Bonchev–Trinajstić information content (AvgIpc) is 2.83. The number of hydrogen-bond acceptors (Lipinski definition) is 3. The van der Waals surface area contributed by atoms with Crippen LogP contribution >= 0.6 is 0 Å². The van der Waals surface area contributed by atoms with Gasteiger partial charge in [0, 0.05) is 44.3 Å². The van der Waals surface area contributed by atoms with Crippen molar-refractivity contribution in [2.24, 2.45) is 7.05 Å². The van der Waals surface area contributed by atoms with Crippen molar-refractivity contribution in [3.05, 3.63) is 30.4 Å². The molecule has 80 valence electrons. The minimum absolute atomic E-state index is 0.755. The molecular formula is C10H15N5. The first-order chi connectivity index (χ1) is 7.29. The van der Waals surface area contributed by atoms with E-state index in [1.807, 2.05) is 25.6 Å². The number of aromatic nitrogens is 4. The SMILES string of the molecule is CCn1ccnc1NCc1cnn(C)c1.